The van der Waals surface area contributed by atoms with E-state index in [0.29, 0.717) is 6.42 Å². The third-order valence-corrected chi connectivity index (χ3v) is 3.21. The van der Waals surface area contributed by atoms with Crippen molar-refractivity contribution in [1.29, 1.82) is 0 Å². The second kappa shape index (κ2) is 6.57. The molecule has 1 unspecified atom stereocenters. The Labute approximate surface area is 115 Å². The summed E-state index contributed by atoms with van der Waals surface area (Å²) in [6.45, 7) is -0.174. The standard InChI is InChI=1S/C16H15F3O/c17-14-5-1-3-11(9-14)7-12(10-20)8-13-4-2-6-15(18)16(13)19/h1-6,9,12,20H,7-8,10H2. The second-order valence-electron chi connectivity index (χ2n) is 4.80. The quantitative estimate of drug-likeness (QED) is 0.888. The van der Waals surface area contributed by atoms with Crippen LogP contribution in [-0.4, -0.2) is 11.7 Å². The lowest BCUT2D eigenvalue weighted by Gasteiger charge is -2.15. The molecule has 2 aromatic carbocycles. The lowest BCUT2D eigenvalue weighted by atomic mass is 9.93. The van der Waals surface area contributed by atoms with E-state index in [0.717, 1.165) is 11.6 Å². The summed E-state index contributed by atoms with van der Waals surface area (Å²) in [5.74, 6) is -2.42. The monoisotopic (exact) mass is 280 g/mol. The highest BCUT2D eigenvalue weighted by Gasteiger charge is 2.15. The predicted molar refractivity (Wildman–Crippen MR) is 70.7 cm³/mol. The molecule has 0 aliphatic carbocycles. The number of hydrogen-bond donors (Lipinski definition) is 1. The van der Waals surface area contributed by atoms with Crippen LogP contribution in [0.3, 0.4) is 0 Å². The fraction of sp³-hybridized carbons (Fsp3) is 0.250. The zero-order chi connectivity index (χ0) is 14.5. The molecule has 4 heteroatoms. The minimum absolute atomic E-state index is 0.174. The number of halogens is 3. The van der Waals surface area contributed by atoms with Crippen LogP contribution in [0.2, 0.25) is 0 Å². The highest BCUT2D eigenvalue weighted by atomic mass is 19.2. The van der Waals surface area contributed by atoms with Gasteiger partial charge in [-0.2, -0.15) is 0 Å². The zero-order valence-electron chi connectivity index (χ0n) is 10.8. The summed E-state index contributed by atoms with van der Waals surface area (Å²) in [6, 6.07) is 10.0. The molecule has 1 nitrogen and oxygen atoms in total. The maximum atomic E-state index is 13.6. The van der Waals surface area contributed by atoms with Crippen molar-refractivity contribution in [1.82, 2.24) is 0 Å². The maximum absolute atomic E-state index is 13.6. The van der Waals surface area contributed by atoms with Crippen LogP contribution in [-0.2, 0) is 12.8 Å². The van der Waals surface area contributed by atoms with Crippen LogP contribution >= 0.6 is 0 Å². The molecule has 1 N–H and O–H groups in total. The van der Waals surface area contributed by atoms with Crippen molar-refractivity contribution in [2.45, 2.75) is 12.8 Å². The average Bonchev–Trinajstić information content (AvgIpc) is 2.43. The molecule has 2 rings (SSSR count). The molecule has 0 saturated heterocycles. The van der Waals surface area contributed by atoms with Crippen molar-refractivity contribution < 1.29 is 18.3 Å². The number of benzene rings is 2. The molecule has 0 fully saturated rings. The van der Waals surface area contributed by atoms with E-state index in [1.165, 1.54) is 24.3 Å². The molecule has 0 aliphatic heterocycles. The van der Waals surface area contributed by atoms with Gasteiger partial charge in [0.15, 0.2) is 11.6 Å². The topological polar surface area (TPSA) is 20.2 Å². The van der Waals surface area contributed by atoms with E-state index in [4.69, 9.17) is 0 Å². The molecule has 20 heavy (non-hydrogen) atoms. The van der Waals surface area contributed by atoms with Crippen molar-refractivity contribution in [2.75, 3.05) is 6.61 Å². The van der Waals surface area contributed by atoms with Crippen LogP contribution in [0, 0.1) is 23.4 Å². The highest BCUT2D eigenvalue weighted by molar-refractivity contribution is 5.21. The van der Waals surface area contributed by atoms with Gasteiger partial charge in [-0.05, 0) is 48.1 Å². The lowest BCUT2D eigenvalue weighted by Crippen LogP contribution is -2.14. The lowest BCUT2D eigenvalue weighted by molar-refractivity contribution is 0.223. The van der Waals surface area contributed by atoms with Gasteiger partial charge in [0.05, 0.1) is 0 Å². The Morgan fingerprint density at radius 3 is 2.40 bits per heavy atom. The van der Waals surface area contributed by atoms with Gasteiger partial charge < -0.3 is 5.11 Å². The maximum Gasteiger partial charge on any atom is 0.162 e. The van der Waals surface area contributed by atoms with Gasteiger partial charge in [-0.1, -0.05) is 24.3 Å². The third-order valence-electron chi connectivity index (χ3n) is 3.21. The van der Waals surface area contributed by atoms with Gasteiger partial charge in [-0.25, -0.2) is 13.2 Å². The van der Waals surface area contributed by atoms with Gasteiger partial charge in [0.2, 0.25) is 0 Å². The van der Waals surface area contributed by atoms with Crippen LogP contribution in [0.15, 0.2) is 42.5 Å². The Morgan fingerprint density at radius 2 is 1.70 bits per heavy atom. The van der Waals surface area contributed by atoms with Crippen LogP contribution in [0.1, 0.15) is 11.1 Å². The van der Waals surface area contributed by atoms with Crippen molar-refractivity contribution in [2.24, 2.45) is 5.92 Å². The molecule has 0 radical (unpaired) electrons. The molecule has 0 aromatic heterocycles. The van der Waals surface area contributed by atoms with E-state index < -0.39 is 11.6 Å². The second-order valence-corrected chi connectivity index (χ2v) is 4.80. The Kier molecular flexibility index (Phi) is 4.79. The van der Waals surface area contributed by atoms with Gasteiger partial charge in [0.1, 0.15) is 5.82 Å². The molecule has 1 atom stereocenters. The average molecular weight is 280 g/mol. The number of rotatable bonds is 5. The van der Waals surface area contributed by atoms with Gasteiger partial charge in [-0.3, -0.25) is 0 Å². The van der Waals surface area contributed by atoms with E-state index in [1.54, 1.807) is 12.1 Å². The van der Waals surface area contributed by atoms with Crippen LogP contribution in [0.4, 0.5) is 13.2 Å². The SMILES string of the molecule is OCC(Cc1cccc(F)c1)Cc1cccc(F)c1F. The van der Waals surface area contributed by atoms with Gasteiger partial charge in [0.25, 0.3) is 0 Å². The third kappa shape index (κ3) is 3.61. The molecule has 0 aliphatic rings. The molecule has 0 amide bonds. The summed E-state index contributed by atoms with van der Waals surface area (Å²) in [6.07, 6.45) is 0.612. The molecular formula is C16H15F3O. The fourth-order valence-electron chi connectivity index (χ4n) is 2.22. The van der Waals surface area contributed by atoms with Gasteiger partial charge >= 0.3 is 0 Å². The highest BCUT2D eigenvalue weighted by Crippen LogP contribution is 2.19. The molecule has 0 saturated carbocycles. The minimum atomic E-state index is -0.898. The van der Waals surface area contributed by atoms with E-state index in [2.05, 4.69) is 0 Å². The van der Waals surface area contributed by atoms with E-state index in [-0.39, 0.29) is 30.3 Å². The summed E-state index contributed by atoms with van der Waals surface area (Å²) in [4.78, 5) is 0. The summed E-state index contributed by atoms with van der Waals surface area (Å²) >= 11 is 0. The summed E-state index contributed by atoms with van der Waals surface area (Å²) in [7, 11) is 0. The largest absolute Gasteiger partial charge is 0.396 e. The summed E-state index contributed by atoms with van der Waals surface area (Å²) in [5.41, 5.74) is 0.946. The van der Waals surface area contributed by atoms with Gasteiger partial charge in [0, 0.05) is 6.61 Å². The smallest absolute Gasteiger partial charge is 0.162 e. The molecule has 0 heterocycles. The first-order valence-electron chi connectivity index (χ1n) is 6.38. The van der Waals surface area contributed by atoms with Crippen molar-refractivity contribution in [3.63, 3.8) is 0 Å². The normalized spacial score (nSPS) is 12.4. The van der Waals surface area contributed by atoms with E-state index in [9.17, 15) is 18.3 Å². The first-order chi connectivity index (χ1) is 9.60. The molecule has 0 spiro atoms. The Balaban J connectivity index is 2.11. The van der Waals surface area contributed by atoms with Gasteiger partial charge in [-0.15, -0.1) is 0 Å². The Bertz CT molecular complexity index is 584. The van der Waals surface area contributed by atoms with E-state index in [1.807, 2.05) is 0 Å². The summed E-state index contributed by atoms with van der Waals surface area (Å²) < 4.78 is 39.8. The summed E-state index contributed by atoms with van der Waals surface area (Å²) in [5, 5.41) is 9.37. The number of aliphatic hydroxyl groups is 1. The van der Waals surface area contributed by atoms with Crippen molar-refractivity contribution in [3.05, 3.63) is 71.0 Å². The van der Waals surface area contributed by atoms with Crippen LogP contribution in [0.25, 0.3) is 0 Å². The van der Waals surface area contributed by atoms with Crippen LogP contribution in [0.5, 0.6) is 0 Å². The Hall–Kier alpha value is -1.81. The van der Waals surface area contributed by atoms with Crippen molar-refractivity contribution in [3.8, 4) is 0 Å². The molecule has 0 bridgehead atoms. The fourth-order valence-corrected chi connectivity index (χ4v) is 2.22. The predicted octanol–water partition coefficient (Wildman–Crippen LogP) is 3.50. The first-order valence-corrected chi connectivity index (χ1v) is 6.38. The minimum Gasteiger partial charge on any atom is -0.396 e. The number of hydrogen-bond acceptors (Lipinski definition) is 1. The van der Waals surface area contributed by atoms with Crippen molar-refractivity contribution >= 4 is 0 Å². The van der Waals surface area contributed by atoms with E-state index >= 15 is 0 Å². The Morgan fingerprint density at radius 1 is 0.950 bits per heavy atom. The molecule has 106 valence electrons. The molecule has 2 aromatic rings. The number of aliphatic hydroxyl groups excluding tert-OH is 1. The molecular weight excluding hydrogens is 265 g/mol. The zero-order valence-corrected chi connectivity index (χ0v) is 10.8. The van der Waals surface area contributed by atoms with Crippen LogP contribution < -0.4 is 0 Å². The first kappa shape index (κ1) is 14.6.